The van der Waals surface area contributed by atoms with Gasteiger partial charge < -0.3 is 5.11 Å². The first-order valence-electron chi connectivity index (χ1n) is 4.18. The lowest BCUT2D eigenvalue weighted by Crippen LogP contribution is -2.26. The lowest BCUT2D eigenvalue weighted by atomic mass is 10.3. The van der Waals surface area contributed by atoms with Crippen molar-refractivity contribution in [3.63, 3.8) is 0 Å². The SMILES string of the molecule is C[C@H](O)CN(C)Cc1ccc(Cl)s1. The Balaban J connectivity index is 2.40. The van der Waals surface area contributed by atoms with Crippen LogP contribution in [0.3, 0.4) is 0 Å². The maximum Gasteiger partial charge on any atom is 0.0931 e. The molecule has 0 aliphatic carbocycles. The summed E-state index contributed by atoms with van der Waals surface area (Å²) in [6.45, 7) is 3.33. The number of hydrogen-bond acceptors (Lipinski definition) is 3. The van der Waals surface area contributed by atoms with Crippen LogP contribution in [-0.4, -0.2) is 29.7 Å². The van der Waals surface area contributed by atoms with Gasteiger partial charge in [-0.2, -0.15) is 0 Å². The van der Waals surface area contributed by atoms with Gasteiger partial charge in [-0.15, -0.1) is 11.3 Å². The Labute approximate surface area is 87.8 Å². The van der Waals surface area contributed by atoms with E-state index in [0.717, 1.165) is 10.9 Å². The number of nitrogens with zero attached hydrogens (tertiary/aromatic N) is 1. The van der Waals surface area contributed by atoms with Crippen molar-refractivity contribution in [2.45, 2.75) is 19.6 Å². The third kappa shape index (κ3) is 4.09. The van der Waals surface area contributed by atoms with Gasteiger partial charge in [0.05, 0.1) is 10.4 Å². The second kappa shape index (κ2) is 4.96. The Morgan fingerprint density at radius 1 is 1.62 bits per heavy atom. The molecule has 0 saturated carbocycles. The van der Waals surface area contributed by atoms with E-state index in [-0.39, 0.29) is 6.10 Å². The molecule has 1 heterocycles. The number of halogens is 1. The van der Waals surface area contributed by atoms with Crippen LogP contribution in [0.2, 0.25) is 4.34 Å². The molecule has 1 N–H and O–H groups in total. The van der Waals surface area contributed by atoms with Gasteiger partial charge in [0.15, 0.2) is 0 Å². The van der Waals surface area contributed by atoms with Crippen LogP contribution in [0, 0.1) is 0 Å². The molecule has 0 amide bonds. The fourth-order valence-electron chi connectivity index (χ4n) is 1.22. The van der Waals surface area contributed by atoms with Gasteiger partial charge in [-0.05, 0) is 26.1 Å². The molecule has 0 radical (unpaired) electrons. The Morgan fingerprint density at radius 3 is 2.77 bits per heavy atom. The third-order valence-electron chi connectivity index (χ3n) is 1.63. The van der Waals surface area contributed by atoms with E-state index in [2.05, 4.69) is 4.90 Å². The van der Waals surface area contributed by atoms with Crippen molar-refractivity contribution in [1.29, 1.82) is 0 Å². The van der Waals surface area contributed by atoms with Gasteiger partial charge >= 0.3 is 0 Å². The minimum absolute atomic E-state index is 0.277. The number of aliphatic hydroxyl groups excluding tert-OH is 1. The van der Waals surface area contributed by atoms with Crippen LogP contribution in [0.5, 0.6) is 0 Å². The predicted molar refractivity (Wildman–Crippen MR) is 57.3 cm³/mol. The van der Waals surface area contributed by atoms with E-state index in [1.54, 1.807) is 18.3 Å². The summed E-state index contributed by atoms with van der Waals surface area (Å²) in [6, 6.07) is 3.92. The molecule has 2 nitrogen and oxygen atoms in total. The molecule has 1 rings (SSSR count). The first-order valence-corrected chi connectivity index (χ1v) is 5.38. The highest BCUT2D eigenvalue weighted by Crippen LogP contribution is 2.22. The van der Waals surface area contributed by atoms with Crippen LogP contribution in [0.4, 0.5) is 0 Å². The number of hydrogen-bond donors (Lipinski definition) is 1. The van der Waals surface area contributed by atoms with Crippen molar-refractivity contribution in [3.05, 3.63) is 21.3 Å². The first kappa shape index (κ1) is 11.0. The first-order chi connectivity index (χ1) is 6.08. The van der Waals surface area contributed by atoms with Crippen molar-refractivity contribution >= 4 is 22.9 Å². The van der Waals surface area contributed by atoms with Crippen LogP contribution < -0.4 is 0 Å². The molecular weight excluding hydrogens is 206 g/mol. The second-order valence-electron chi connectivity index (χ2n) is 3.25. The lowest BCUT2D eigenvalue weighted by molar-refractivity contribution is 0.139. The zero-order valence-electron chi connectivity index (χ0n) is 7.83. The fourth-order valence-corrected chi connectivity index (χ4v) is 2.39. The Morgan fingerprint density at radius 2 is 2.31 bits per heavy atom. The molecule has 0 aromatic carbocycles. The van der Waals surface area contributed by atoms with Crippen molar-refractivity contribution in [1.82, 2.24) is 4.90 Å². The molecule has 4 heteroatoms. The highest BCUT2D eigenvalue weighted by molar-refractivity contribution is 7.16. The van der Waals surface area contributed by atoms with Gasteiger partial charge in [-0.3, -0.25) is 4.90 Å². The molecule has 0 saturated heterocycles. The highest BCUT2D eigenvalue weighted by atomic mass is 35.5. The molecule has 0 aliphatic rings. The minimum Gasteiger partial charge on any atom is -0.392 e. The molecule has 1 atom stereocenters. The summed E-state index contributed by atoms with van der Waals surface area (Å²) >= 11 is 7.39. The third-order valence-corrected chi connectivity index (χ3v) is 2.85. The molecule has 1 aromatic heterocycles. The normalized spacial score (nSPS) is 13.6. The molecule has 0 bridgehead atoms. The van der Waals surface area contributed by atoms with Crippen LogP contribution in [-0.2, 0) is 6.54 Å². The molecule has 0 aliphatic heterocycles. The van der Waals surface area contributed by atoms with Crippen molar-refractivity contribution in [3.8, 4) is 0 Å². The quantitative estimate of drug-likeness (QED) is 0.840. The number of thiophene rings is 1. The zero-order valence-corrected chi connectivity index (χ0v) is 9.40. The molecule has 0 fully saturated rings. The standard InChI is InChI=1S/C9H14ClNOS/c1-7(12)5-11(2)6-8-3-4-9(10)13-8/h3-4,7,12H,5-6H2,1-2H3/t7-/m0/s1. The van der Waals surface area contributed by atoms with Crippen molar-refractivity contribution in [2.24, 2.45) is 0 Å². The predicted octanol–water partition coefficient (Wildman–Crippen LogP) is 2.21. The average molecular weight is 220 g/mol. The van der Waals surface area contributed by atoms with E-state index in [1.807, 2.05) is 19.2 Å². The molecule has 1 aromatic rings. The van der Waals surface area contributed by atoms with Gasteiger partial charge in [0, 0.05) is 18.0 Å². The van der Waals surface area contributed by atoms with Gasteiger partial charge in [0.25, 0.3) is 0 Å². The van der Waals surface area contributed by atoms with Crippen molar-refractivity contribution in [2.75, 3.05) is 13.6 Å². The zero-order chi connectivity index (χ0) is 9.84. The van der Waals surface area contributed by atoms with E-state index in [1.165, 1.54) is 4.88 Å². The van der Waals surface area contributed by atoms with Gasteiger partial charge in [-0.25, -0.2) is 0 Å². The van der Waals surface area contributed by atoms with Crippen LogP contribution in [0.25, 0.3) is 0 Å². The molecule has 0 spiro atoms. The Kier molecular flexibility index (Phi) is 4.19. The molecule has 13 heavy (non-hydrogen) atoms. The summed E-state index contributed by atoms with van der Waals surface area (Å²) in [5.41, 5.74) is 0. The monoisotopic (exact) mass is 219 g/mol. The van der Waals surface area contributed by atoms with E-state index in [9.17, 15) is 0 Å². The summed E-state index contributed by atoms with van der Waals surface area (Å²) in [5.74, 6) is 0. The largest absolute Gasteiger partial charge is 0.392 e. The smallest absolute Gasteiger partial charge is 0.0931 e. The Hall–Kier alpha value is -0.0900. The van der Waals surface area contributed by atoms with Crippen LogP contribution >= 0.6 is 22.9 Å². The lowest BCUT2D eigenvalue weighted by Gasteiger charge is -2.16. The summed E-state index contributed by atoms with van der Waals surface area (Å²) in [7, 11) is 1.99. The Bertz CT molecular complexity index is 262. The highest BCUT2D eigenvalue weighted by Gasteiger charge is 2.05. The summed E-state index contributed by atoms with van der Waals surface area (Å²) in [5, 5.41) is 9.14. The van der Waals surface area contributed by atoms with E-state index in [4.69, 9.17) is 16.7 Å². The maximum atomic E-state index is 9.14. The minimum atomic E-state index is -0.277. The van der Waals surface area contributed by atoms with Gasteiger partial charge in [0.1, 0.15) is 0 Å². The number of aliphatic hydroxyl groups is 1. The van der Waals surface area contributed by atoms with E-state index >= 15 is 0 Å². The molecule has 0 unspecified atom stereocenters. The van der Waals surface area contributed by atoms with Gasteiger partial charge in [0.2, 0.25) is 0 Å². The fraction of sp³-hybridized carbons (Fsp3) is 0.556. The summed E-state index contributed by atoms with van der Waals surface area (Å²) < 4.78 is 0.820. The van der Waals surface area contributed by atoms with Gasteiger partial charge in [-0.1, -0.05) is 11.6 Å². The summed E-state index contributed by atoms with van der Waals surface area (Å²) in [4.78, 5) is 3.31. The second-order valence-corrected chi connectivity index (χ2v) is 5.05. The van der Waals surface area contributed by atoms with Crippen molar-refractivity contribution < 1.29 is 5.11 Å². The molecular formula is C9H14ClNOS. The van der Waals surface area contributed by atoms with Crippen LogP contribution in [0.1, 0.15) is 11.8 Å². The summed E-state index contributed by atoms with van der Waals surface area (Å²) in [6.07, 6.45) is -0.277. The van der Waals surface area contributed by atoms with E-state index < -0.39 is 0 Å². The van der Waals surface area contributed by atoms with Crippen LogP contribution in [0.15, 0.2) is 12.1 Å². The van der Waals surface area contributed by atoms with E-state index in [0.29, 0.717) is 6.54 Å². The number of rotatable bonds is 4. The topological polar surface area (TPSA) is 23.5 Å². The number of likely N-dealkylation sites (N-methyl/N-ethyl adjacent to an activating group) is 1. The molecule has 74 valence electrons. The average Bonchev–Trinajstić information content (AvgIpc) is 2.33. The maximum absolute atomic E-state index is 9.14.